The third-order valence-corrected chi connectivity index (χ3v) is 3.85. The van der Waals surface area contributed by atoms with Crippen LogP contribution in [0.5, 0.6) is 0 Å². The molecule has 31 heavy (non-hydrogen) atoms. The topological polar surface area (TPSA) is 54.7 Å². The van der Waals surface area contributed by atoms with Crippen LogP contribution in [0.15, 0.2) is 108 Å². The Kier molecular flexibility index (Phi) is 12.5. The van der Waals surface area contributed by atoms with Crippen LogP contribution < -0.4 is 0 Å². The highest BCUT2D eigenvalue weighted by Crippen LogP contribution is 2.12. The van der Waals surface area contributed by atoms with Crippen molar-refractivity contribution in [3.8, 4) is 0 Å². The monoisotopic (exact) mass is 415 g/mol. The zero-order valence-electron chi connectivity index (χ0n) is 19.2. The molecule has 3 aromatic heterocycles. The van der Waals surface area contributed by atoms with Crippen molar-refractivity contribution in [2.24, 2.45) is 0 Å². The van der Waals surface area contributed by atoms with E-state index in [9.17, 15) is 0 Å². The molecule has 0 aliphatic carbocycles. The molecule has 0 aliphatic heterocycles. The van der Waals surface area contributed by atoms with Gasteiger partial charge in [-0.25, -0.2) is 0 Å². The second-order valence-electron chi connectivity index (χ2n) is 6.84. The van der Waals surface area contributed by atoms with Crippen LogP contribution in [-0.2, 0) is 0 Å². The predicted molar refractivity (Wildman–Crippen MR) is 132 cm³/mol. The van der Waals surface area contributed by atoms with E-state index in [1.54, 1.807) is 24.5 Å². The second-order valence-corrected chi connectivity index (χ2v) is 6.84. The van der Waals surface area contributed by atoms with Gasteiger partial charge in [-0.15, -0.1) is 0 Å². The SMILES string of the molecule is C=C/C=C(C)\C=C/C.Cc1cc2ccccc2[nH]1.Cc1cccnc1.Cc1ccno1. The molecule has 4 aromatic rings. The van der Waals surface area contributed by atoms with Crippen molar-refractivity contribution in [2.45, 2.75) is 34.6 Å². The molecule has 0 spiro atoms. The molecule has 1 aromatic carbocycles. The Morgan fingerprint density at radius 2 is 1.81 bits per heavy atom. The lowest BCUT2D eigenvalue weighted by atomic mass is 10.2. The summed E-state index contributed by atoms with van der Waals surface area (Å²) in [4.78, 5) is 7.14. The van der Waals surface area contributed by atoms with Crippen molar-refractivity contribution in [1.29, 1.82) is 0 Å². The van der Waals surface area contributed by atoms with Gasteiger partial charge in [0.1, 0.15) is 5.76 Å². The first-order chi connectivity index (χ1) is 15.0. The molecular weight excluding hydrogens is 382 g/mol. The van der Waals surface area contributed by atoms with Crippen LogP contribution in [0.3, 0.4) is 0 Å². The Morgan fingerprint density at radius 3 is 2.26 bits per heavy atom. The zero-order valence-corrected chi connectivity index (χ0v) is 19.2. The first-order valence-electron chi connectivity index (χ1n) is 10.2. The number of allylic oxidation sites excluding steroid dienone is 5. The molecule has 0 amide bonds. The number of pyridine rings is 1. The van der Waals surface area contributed by atoms with E-state index < -0.39 is 0 Å². The smallest absolute Gasteiger partial charge is 0.133 e. The van der Waals surface area contributed by atoms with E-state index in [1.165, 1.54) is 27.7 Å². The maximum Gasteiger partial charge on any atom is 0.133 e. The maximum absolute atomic E-state index is 4.58. The van der Waals surface area contributed by atoms with Crippen LogP contribution in [0.25, 0.3) is 10.9 Å². The molecule has 0 aliphatic rings. The standard InChI is InChI=1S/C9H9N.C8H12.C6H7N.C4H5NO/c1-7-6-8-4-2-3-5-9(8)10-7;1-4-6-8(3)7-5-2;1-6-3-2-4-7-5-6;1-4-2-3-5-6-4/h2-6,10H,1H3;4-7H,1H2,2-3H3;2-5H,1H3;2-3H,1H3/b;7-5-,8-6-;;. The average molecular weight is 416 g/mol. The Labute approximate surface area is 186 Å². The molecule has 0 saturated heterocycles. The first kappa shape index (κ1) is 25.4. The van der Waals surface area contributed by atoms with Gasteiger partial charge in [-0.2, -0.15) is 0 Å². The number of H-pyrrole nitrogens is 1. The van der Waals surface area contributed by atoms with E-state index in [0.29, 0.717) is 0 Å². The van der Waals surface area contributed by atoms with E-state index >= 15 is 0 Å². The third-order valence-electron chi connectivity index (χ3n) is 3.85. The highest BCUT2D eigenvalue weighted by atomic mass is 16.5. The number of nitrogens with one attached hydrogen (secondary N) is 1. The highest BCUT2D eigenvalue weighted by molar-refractivity contribution is 5.79. The first-order valence-corrected chi connectivity index (χ1v) is 10.2. The number of para-hydroxylation sites is 1. The minimum absolute atomic E-state index is 0.856. The van der Waals surface area contributed by atoms with Gasteiger partial charge in [0.25, 0.3) is 0 Å². The zero-order chi connectivity index (χ0) is 22.9. The molecule has 4 rings (SSSR count). The van der Waals surface area contributed by atoms with E-state index in [1.807, 2.05) is 70.3 Å². The molecular formula is C27H33N3O. The van der Waals surface area contributed by atoms with Crippen LogP contribution >= 0.6 is 0 Å². The molecule has 0 atom stereocenters. The summed E-state index contributed by atoms with van der Waals surface area (Å²) in [5.41, 5.74) is 4.89. The summed E-state index contributed by atoms with van der Waals surface area (Å²) in [7, 11) is 0. The predicted octanol–water partition coefficient (Wildman–Crippen LogP) is 7.54. The van der Waals surface area contributed by atoms with Gasteiger partial charge in [0.2, 0.25) is 0 Å². The van der Waals surface area contributed by atoms with Crippen molar-refractivity contribution in [3.63, 3.8) is 0 Å². The molecule has 0 saturated carbocycles. The number of benzene rings is 1. The number of hydrogen-bond donors (Lipinski definition) is 1. The Morgan fingerprint density at radius 1 is 1.03 bits per heavy atom. The van der Waals surface area contributed by atoms with E-state index in [-0.39, 0.29) is 0 Å². The Balaban J connectivity index is 0.000000211. The Hall–Kier alpha value is -3.66. The molecule has 0 radical (unpaired) electrons. The molecule has 4 heteroatoms. The Bertz CT molecular complexity index is 1010. The van der Waals surface area contributed by atoms with Crippen LogP contribution in [0.2, 0.25) is 0 Å². The number of hydrogen-bond acceptors (Lipinski definition) is 3. The molecule has 0 unspecified atom stereocenters. The number of nitrogens with zero attached hydrogens (tertiary/aromatic N) is 2. The van der Waals surface area contributed by atoms with Crippen LogP contribution in [0.1, 0.15) is 30.9 Å². The van der Waals surface area contributed by atoms with Gasteiger partial charge in [0.05, 0.1) is 6.20 Å². The van der Waals surface area contributed by atoms with Gasteiger partial charge in [-0.3, -0.25) is 4.98 Å². The number of aromatic amines is 1. The third kappa shape index (κ3) is 11.8. The average Bonchev–Trinajstić information content (AvgIpc) is 3.38. The lowest BCUT2D eigenvalue weighted by Crippen LogP contribution is -1.69. The minimum atomic E-state index is 0.856. The summed E-state index contributed by atoms with van der Waals surface area (Å²) in [6.07, 6.45) is 13.0. The minimum Gasteiger partial charge on any atom is -0.362 e. The van der Waals surface area contributed by atoms with Gasteiger partial charge < -0.3 is 9.51 Å². The lowest BCUT2D eigenvalue weighted by molar-refractivity contribution is 0.397. The molecule has 0 fully saturated rings. The van der Waals surface area contributed by atoms with Crippen molar-refractivity contribution in [1.82, 2.24) is 15.1 Å². The van der Waals surface area contributed by atoms with Gasteiger partial charge in [-0.05, 0) is 63.8 Å². The summed E-state index contributed by atoms with van der Waals surface area (Å²) in [5.74, 6) is 0.856. The van der Waals surface area contributed by atoms with E-state index in [4.69, 9.17) is 0 Å². The summed E-state index contributed by atoms with van der Waals surface area (Å²) >= 11 is 0. The fraction of sp³-hybridized carbons (Fsp3) is 0.185. The van der Waals surface area contributed by atoms with Crippen LogP contribution in [0.4, 0.5) is 0 Å². The fourth-order valence-electron chi connectivity index (χ4n) is 2.45. The molecule has 4 nitrogen and oxygen atoms in total. The van der Waals surface area contributed by atoms with Crippen molar-refractivity contribution in [2.75, 3.05) is 0 Å². The number of fused-ring (bicyclic) bond motifs is 1. The van der Waals surface area contributed by atoms with Gasteiger partial charge in [-0.1, -0.05) is 65.9 Å². The fourth-order valence-corrected chi connectivity index (χ4v) is 2.45. The second kappa shape index (κ2) is 15.2. The molecule has 3 heterocycles. The number of aryl methyl sites for hydroxylation is 3. The van der Waals surface area contributed by atoms with Crippen molar-refractivity contribution < 1.29 is 4.52 Å². The van der Waals surface area contributed by atoms with Gasteiger partial charge in [0.15, 0.2) is 0 Å². The summed E-state index contributed by atoms with van der Waals surface area (Å²) in [6.45, 7) is 13.6. The van der Waals surface area contributed by atoms with Crippen LogP contribution in [-0.4, -0.2) is 15.1 Å². The van der Waals surface area contributed by atoms with Crippen molar-refractivity contribution >= 4 is 10.9 Å². The number of rotatable bonds is 2. The van der Waals surface area contributed by atoms with E-state index in [0.717, 1.165) is 5.76 Å². The summed E-state index contributed by atoms with van der Waals surface area (Å²) in [6, 6.07) is 16.2. The quantitative estimate of drug-likeness (QED) is 0.344. The maximum atomic E-state index is 4.58. The molecule has 0 bridgehead atoms. The molecule has 1 N–H and O–H groups in total. The normalized spacial score (nSPS) is 10.3. The summed E-state index contributed by atoms with van der Waals surface area (Å²) < 4.78 is 4.58. The van der Waals surface area contributed by atoms with Crippen LogP contribution in [0, 0.1) is 20.8 Å². The van der Waals surface area contributed by atoms with Gasteiger partial charge in [0, 0.05) is 29.7 Å². The summed E-state index contributed by atoms with van der Waals surface area (Å²) in [5, 5.41) is 4.74. The lowest BCUT2D eigenvalue weighted by Gasteiger charge is -1.83. The largest absolute Gasteiger partial charge is 0.362 e. The molecule has 162 valence electrons. The van der Waals surface area contributed by atoms with Crippen molar-refractivity contribution in [3.05, 3.63) is 121 Å². The number of aromatic nitrogens is 3. The van der Waals surface area contributed by atoms with Gasteiger partial charge >= 0.3 is 0 Å². The van der Waals surface area contributed by atoms with E-state index in [2.05, 4.69) is 57.4 Å². The highest BCUT2D eigenvalue weighted by Gasteiger charge is 1.92.